The first-order chi connectivity index (χ1) is 13.7. The second kappa shape index (κ2) is 7.38. The zero-order chi connectivity index (χ0) is 19.7. The van der Waals surface area contributed by atoms with Crippen LogP contribution in [0.4, 0.5) is 0 Å². The zero-order valence-corrected chi connectivity index (χ0v) is 16.2. The number of aromatic nitrogens is 1. The lowest BCUT2D eigenvalue weighted by Crippen LogP contribution is -2.42. The predicted molar refractivity (Wildman–Crippen MR) is 107 cm³/mol. The maximum absolute atomic E-state index is 13.0. The van der Waals surface area contributed by atoms with Crippen LogP contribution in [-0.4, -0.2) is 50.2 Å². The minimum atomic E-state index is 0.0403. The van der Waals surface area contributed by atoms with E-state index >= 15 is 0 Å². The van der Waals surface area contributed by atoms with Crippen molar-refractivity contribution in [1.82, 2.24) is 9.88 Å². The van der Waals surface area contributed by atoms with Gasteiger partial charge in [0.1, 0.15) is 0 Å². The van der Waals surface area contributed by atoms with Gasteiger partial charge in [-0.25, -0.2) is 4.98 Å². The summed E-state index contributed by atoms with van der Waals surface area (Å²) in [6.07, 6.45) is 1.05. The van der Waals surface area contributed by atoms with Gasteiger partial charge in [-0.1, -0.05) is 18.2 Å². The van der Waals surface area contributed by atoms with Crippen LogP contribution in [0.3, 0.4) is 0 Å². The summed E-state index contributed by atoms with van der Waals surface area (Å²) in [5.74, 6) is 1.65. The first-order valence-corrected chi connectivity index (χ1v) is 9.15. The molecule has 2 aromatic carbocycles. The SMILES string of the molecule is COc1cc(-c2cc(C(=O)N3CCC3)c3ccccc3n2)cc(OC)c1OC. The molecule has 1 amide bonds. The molecular weight excluding hydrogens is 356 g/mol. The summed E-state index contributed by atoms with van der Waals surface area (Å²) < 4.78 is 16.3. The molecule has 1 fully saturated rings. The number of pyridine rings is 1. The van der Waals surface area contributed by atoms with Gasteiger partial charge in [-0.2, -0.15) is 0 Å². The van der Waals surface area contributed by atoms with Crippen LogP contribution in [0.1, 0.15) is 16.8 Å². The van der Waals surface area contributed by atoms with Crippen LogP contribution < -0.4 is 14.2 Å². The van der Waals surface area contributed by atoms with E-state index in [0.29, 0.717) is 28.5 Å². The maximum atomic E-state index is 13.0. The average Bonchev–Trinajstić information content (AvgIpc) is 2.70. The highest BCUT2D eigenvalue weighted by Gasteiger charge is 2.24. The largest absolute Gasteiger partial charge is 0.493 e. The number of nitrogens with zero attached hydrogens (tertiary/aromatic N) is 2. The summed E-state index contributed by atoms with van der Waals surface area (Å²) in [4.78, 5) is 19.6. The molecule has 1 aliphatic rings. The van der Waals surface area contributed by atoms with Gasteiger partial charge in [0.2, 0.25) is 5.75 Å². The summed E-state index contributed by atoms with van der Waals surface area (Å²) in [5, 5.41) is 0.857. The lowest BCUT2D eigenvalue weighted by molar-refractivity contribution is 0.0654. The monoisotopic (exact) mass is 378 g/mol. The fourth-order valence-electron chi connectivity index (χ4n) is 3.42. The highest BCUT2D eigenvalue weighted by atomic mass is 16.5. The molecule has 144 valence electrons. The Kier molecular flexibility index (Phi) is 4.77. The maximum Gasteiger partial charge on any atom is 0.254 e. The number of hydrogen-bond acceptors (Lipinski definition) is 5. The minimum absolute atomic E-state index is 0.0403. The molecule has 0 saturated carbocycles. The Bertz CT molecular complexity index is 1020. The molecule has 6 nitrogen and oxygen atoms in total. The topological polar surface area (TPSA) is 60.9 Å². The van der Waals surface area contributed by atoms with Crippen molar-refractivity contribution in [1.29, 1.82) is 0 Å². The molecule has 2 heterocycles. The number of methoxy groups -OCH3 is 3. The van der Waals surface area contributed by atoms with Crippen molar-refractivity contribution in [2.75, 3.05) is 34.4 Å². The number of carbonyl (C=O) groups is 1. The average molecular weight is 378 g/mol. The number of amides is 1. The summed E-state index contributed by atoms with van der Waals surface area (Å²) in [6.45, 7) is 1.60. The quantitative estimate of drug-likeness (QED) is 0.676. The molecule has 0 bridgehead atoms. The molecule has 0 N–H and O–H groups in total. The second-order valence-corrected chi connectivity index (χ2v) is 6.63. The molecule has 6 heteroatoms. The van der Waals surface area contributed by atoms with E-state index in [1.807, 2.05) is 47.4 Å². The van der Waals surface area contributed by atoms with Crippen LogP contribution in [0.15, 0.2) is 42.5 Å². The van der Waals surface area contributed by atoms with E-state index in [-0.39, 0.29) is 5.91 Å². The third-order valence-electron chi connectivity index (χ3n) is 5.05. The Morgan fingerprint density at radius 3 is 2.21 bits per heavy atom. The first-order valence-electron chi connectivity index (χ1n) is 9.15. The summed E-state index contributed by atoms with van der Waals surface area (Å²) >= 11 is 0. The second-order valence-electron chi connectivity index (χ2n) is 6.63. The minimum Gasteiger partial charge on any atom is -0.493 e. The fraction of sp³-hybridized carbons (Fsp3) is 0.273. The van der Waals surface area contributed by atoms with E-state index in [4.69, 9.17) is 19.2 Å². The van der Waals surface area contributed by atoms with E-state index in [1.54, 1.807) is 21.3 Å². The van der Waals surface area contributed by atoms with E-state index in [0.717, 1.165) is 36.0 Å². The van der Waals surface area contributed by atoms with E-state index < -0.39 is 0 Å². The van der Waals surface area contributed by atoms with Crippen LogP contribution in [-0.2, 0) is 0 Å². The third-order valence-corrected chi connectivity index (χ3v) is 5.05. The highest BCUT2D eigenvalue weighted by molar-refractivity contribution is 6.07. The number of benzene rings is 2. The van der Waals surface area contributed by atoms with Gasteiger partial charge in [0.05, 0.1) is 38.1 Å². The molecule has 28 heavy (non-hydrogen) atoms. The van der Waals surface area contributed by atoms with Crippen molar-refractivity contribution in [3.05, 3.63) is 48.0 Å². The number of rotatable bonds is 5. The number of carbonyl (C=O) groups excluding carboxylic acids is 1. The van der Waals surface area contributed by atoms with E-state index in [2.05, 4.69) is 0 Å². The van der Waals surface area contributed by atoms with Crippen LogP contribution in [0.25, 0.3) is 22.2 Å². The number of para-hydroxylation sites is 1. The van der Waals surface area contributed by atoms with Gasteiger partial charge in [-0.05, 0) is 30.7 Å². The molecule has 3 aromatic rings. The molecule has 0 atom stereocenters. The van der Waals surface area contributed by atoms with Crippen molar-refractivity contribution in [3.63, 3.8) is 0 Å². The van der Waals surface area contributed by atoms with Crippen molar-refractivity contribution in [2.24, 2.45) is 0 Å². The Labute approximate surface area is 163 Å². The van der Waals surface area contributed by atoms with Crippen molar-refractivity contribution < 1.29 is 19.0 Å². The zero-order valence-electron chi connectivity index (χ0n) is 16.2. The molecule has 0 aliphatic carbocycles. The van der Waals surface area contributed by atoms with E-state index in [9.17, 15) is 4.79 Å². The highest BCUT2D eigenvalue weighted by Crippen LogP contribution is 2.41. The van der Waals surface area contributed by atoms with Crippen LogP contribution in [0.2, 0.25) is 0 Å². The summed E-state index contributed by atoms with van der Waals surface area (Å²) in [6, 6.07) is 13.2. The van der Waals surface area contributed by atoms with Gasteiger partial charge in [0.25, 0.3) is 5.91 Å². The molecular formula is C22H22N2O4. The van der Waals surface area contributed by atoms with Gasteiger partial charge in [0, 0.05) is 24.0 Å². The molecule has 1 saturated heterocycles. The number of likely N-dealkylation sites (tertiary alicyclic amines) is 1. The van der Waals surface area contributed by atoms with Crippen molar-refractivity contribution in [2.45, 2.75) is 6.42 Å². The third kappa shape index (κ3) is 3.01. The fourth-order valence-corrected chi connectivity index (χ4v) is 3.42. The lowest BCUT2D eigenvalue weighted by Gasteiger charge is -2.31. The smallest absolute Gasteiger partial charge is 0.254 e. The molecule has 4 rings (SSSR count). The van der Waals surface area contributed by atoms with Gasteiger partial charge in [-0.3, -0.25) is 4.79 Å². The predicted octanol–water partition coefficient (Wildman–Crippen LogP) is 3.77. The molecule has 1 aliphatic heterocycles. The van der Waals surface area contributed by atoms with Gasteiger partial charge < -0.3 is 19.1 Å². The number of ether oxygens (including phenoxy) is 3. The van der Waals surface area contributed by atoms with Crippen molar-refractivity contribution >= 4 is 16.8 Å². The molecule has 0 unspecified atom stereocenters. The van der Waals surface area contributed by atoms with Gasteiger partial charge in [0.15, 0.2) is 11.5 Å². The van der Waals surface area contributed by atoms with Crippen LogP contribution in [0, 0.1) is 0 Å². The molecule has 1 aromatic heterocycles. The summed E-state index contributed by atoms with van der Waals surface area (Å²) in [5.41, 5.74) is 2.91. The van der Waals surface area contributed by atoms with Gasteiger partial charge in [-0.15, -0.1) is 0 Å². The van der Waals surface area contributed by atoms with Crippen molar-refractivity contribution in [3.8, 4) is 28.5 Å². The van der Waals surface area contributed by atoms with Crippen LogP contribution >= 0.6 is 0 Å². The standard InChI is InChI=1S/C22H22N2O4/c1-26-19-11-14(12-20(27-2)21(19)28-3)18-13-16(22(25)24-9-6-10-24)15-7-4-5-8-17(15)23-18/h4-5,7-8,11-13H,6,9-10H2,1-3H3. The van der Waals surface area contributed by atoms with Crippen LogP contribution in [0.5, 0.6) is 17.2 Å². The Balaban J connectivity index is 1.91. The van der Waals surface area contributed by atoms with E-state index in [1.165, 1.54) is 0 Å². The first kappa shape index (κ1) is 18.1. The Morgan fingerprint density at radius 1 is 0.964 bits per heavy atom. The molecule has 0 radical (unpaired) electrons. The summed E-state index contributed by atoms with van der Waals surface area (Å²) in [7, 11) is 4.72. The Morgan fingerprint density at radius 2 is 1.64 bits per heavy atom. The number of fused-ring (bicyclic) bond motifs is 1. The number of hydrogen-bond donors (Lipinski definition) is 0. The normalized spacial score (nSPS) is 13.2. The lowest BCUT2D eigenvalue weighted by atomic mass is 10.0. The molecule has 0 spiro atoms. The van der Waals surface area contributed by atoms with Gasteiger partial charge >= 0.3 is 0 Å². The Hall–Kier alpha value is -3.28.